The second-order valence-electron chi connectivity index (χ2n) is 5.27. The Morgan fingerprint density at radius 3 is 1.90 bits per heavy atom. The summed E-state index contributed by atoms with van der Waals surface area (Å²) in [4.78, 5) is 21.5. The molecular weight excluding hydrogens is 295 g/mol. The van der Waals surface area contributed by atoms with Crippen molar-refractivity contribution >= 4 is 11.9 Å². The Bertz CT molecular complexity index is 257. The monoisotopic (exact) mass is 324 g/mol. The minimum absolute atomic E-state index is 0. The van der Waals surface area contributed by atoms with Crippen LogP contribution in [-0.4, -0.2) is 18.5 Å². The van der Waals surface area contributed by atoms with Gasteiger partial charge >= 0.3 is 57.4 Å². The third kappa shape index (κ3) is 20.6. The van der Waals surface area contributed by atoms with E-state index < -0.39 is 5.97 Å². The Labute approximate surface area is 171 Å². The zero-order chi connectivity index (χ0) is 15.1. The molecule has 0 rings (SSSR count). The maximum Gasteiger partial charge on any atom is 1.00 e. The van der Waals surface area contributed by atoms with E-state index in [-0.39, 0.29) is 63.8 Å². The molecule has 0 spiro atoms. The number of carboxylic acid groups (broad SMARTS) is 1. The van der Waals surface area contributed by atoms with Crippen LogP contribution in [0.4, 0.5) is 0 Å². The minimum atomic E-state index is -1.06. The van der Waals surface area contributed by atoms with Crippen molar-refractivity contribution in [2.45, 2.75) is 84.0 Å². The molecule has 21 heavy (non-hydrogen) atoms. The van der Waals surface area contributed by atoms with Crippen LogP contribution >= 0.6 is 0 Å². The van der Waals surface area contributed by atoms with Crippen LogP contribution in [0.5, 0.6) is 0 Å². The number of carbonyl (C=O) groups is 2. The first-order valence-electron chi connectivity index (χ1n) is 8.02. The van der Waals surface area contributed by atoms with Crippen molar-refractivity contribution in [3.8, 4) is 0 Å². The molecule has 0 aromatic heterocycles. The number of esters is 1. The number of hydrogen-bond donors (Lipinski definition) is 0. The van der Waals surface area contributed by atoms with E-state index in [0.717, 1.165) is 12.8 Å². The summed E-state index contributed by atoms with van der Waals surface area (Å²) in [6, 6.07) is 0. The molecule has 0 bridgehead atoms. The van der Waals surface area contributed by atoms with Gasteiger partial charge in [-0.1, -0.05) is 51.9 Å². The quantitative estimate of drug-likeness (QED) is 0.256. The summed E-state index contributed by atoms with van der Waals surface area (Å²) >= 11 is 0. The number of carboxylic acids is 1. The molecule has 0 aromatic rings. The maximum atomic E-state index is 11.3. The van der Waals surface area contributed by atoms with E-state index in [2.05, 4.69) is 6.92 Å². The van der Waals surface area contributed by atoms with Gasteiger partial charge in [-0.05, 0) is 25.7 Å². The van der Waals surface area contributed by atoms with E-state index in [0.29, 0.717) is 25.9 Å². The van der Waals surface area contributed by atoms with E-state index in [1.807, 2.05) is 0 Å². The van der Waals surface area contributed by atoms with Crippen LogP contribution in [0.2, 0.25) is 0 Å². The second-order valence-corrected chi connectivity index (χ2v) is 5.27. The first-order valence-corrected chi connectivity index (χ1v) is 8.02. The molecule has 0 unspecified atom stereocenters. The molecule has 0 saturated carbocycles. The third-order valence-corrected chi connectivity index (χ3v) is 3.27. The van der Waals surface area contributed by atoms with Crippen LogP contribution in [-0.2, 0) is 14.3 Å². The Balaban J connectivity index is 0. The van der Waals surface area contributed by atoms with E-state index in [1.165, 1.54) is 38.5 Å². The average Bonchev–Trinajstić information content (AvgIpc) is 2.41. The van der Waals surface area contributed by atoms with Crippen molar-refractivity contribution in [2.75, 3.05) is 6.61 Å². The number of aliphatic carboxylic acids is 1. The first kappa shape index (κ1) is 23.8. The van der Waals surface area contributed by atoms with Gasteiger partial charge in [0.15, 0.2) is 0 Å². The summed E-state index contributed by atoms with van der Waals surface area (Å²) in [6.45, 7) is 2.71. The van der Waals surface area contributed by atoms with Crippen LogP contribution in [0.15, 0.2) is 0 Å². The van der Waals surface area contributed by atoms with Gasteiger partial charge < -0.3 is 14.6 Å². The predicted molar refractivity (Wildman–Crippen MR) is 77.0 cm³/mol. The fourth-order valence-electron chi connectivity index (χ4n) is 2.03. The minimum Gasteiger partial charge on any atom is -0.550 e. The molecule has 0 aliphatic carbocycles. The van der Waals surface area contributed by atoms with Gasteiger partial charge in [0.25, 0.3) is 0 Å². The van der Waals surface area contributed by atoms with Gasteiger partial charge in [-0.25, -0.2) is 0 Å². The Kier molecular flexibility index (Phi) is 21.1. The van der Waals surface area contributed by atoms with E-state index in [1.54, 1.807) is 0 Å². The molecule has 0 fully saturated rings. The fraction of sp³-hybridized carbons (Fsp3) is 0.875. The van der Waals surface area contributed by atoms with Crippen LogP contribution in [0.3, 0.4) is 0 Å². The molecule has 0 N–H and O–H groups in total. The van der Waals surface area contributed by atoms with Gasteiger partial charge in [-0.2, -0.15) is 0 Å². The van der Waals surface area contributed by atoms with E-state index >= 15 is 0 Å². The molecular formula is C16H29KO4. The van der Waals surface area contributed by atoms with Crippen molar-refractivity contribution in [2.24, 2.45) is 0 Å². The molecule has 0 aliphatic heterocycles. The average molecular weight is 325 g/mol. The van der Waals surface area contributed by atoms with Crippen LogP contribution in [0, 0.1) is 0 Å². The SMILES string of the molecule is CCCCCCCCCCOC(=O)CCCCC(=O)[O-].[K+]. The van der Waals surface area contributed by atoms with Crippen LogP contribution in [0.25, 0.3) is 0 Å². The normalized spacial score (nSPS) is 9.95. The molecule has 0 atom stereocenters. The second kappa shape index (κ2) is 18.6. The van der Waals surface area contributed by atoms with Gasteiger partial charge in [0.1, 0.15) is 0 Å². The standard InChI is InChI=1S/C16H30O4.K/c1-2-3-4-5-6-7-8-11-14-20-16(19)13-10-9-12-15(17)18;/h2-14H2,1H3,(H,17,18);/q;+1/p-1. The molecule has 0 radical (unpaired) electrons. The fourth-order valence-corrected chi connectivity index (χ4v) is 2.03. The van der Waals surface area contributed by atoms with Crippen molar-refractivity contribution in [1.29, 1.82) is 0 Å². The molecule has 118 valence electrons. The maximum absolute atomic E-state index is 11.3. The zero-order valence-electron chi connectivity index (χ0n) is 13.8. The summed E-state index contributed by atoms with van der Waals surface area (Å²) in [5.74, 6) is -1.27. The predicted octanol–water partition coefficient (Wildman–Crippen LogP) is -0.0154. The number of rotatable bonds is 14. The molecule has 5 heteroatoms. The Morgan fingerprint density at radius 1 is 0.810 bits per heavy atom. The van der Waals surface area contributed by atoms with Gasteiger partial charge in [0.05, 0.1) is 6.61 Å². The number of unbranched alkanes of at least 4 members (excludes halogenated alkanes) is 8. The van der Waals surface area contributed by atoms with E-state index in [4.69, 9.17) is 4.74 Å². The number of carbonyl (C=O) groups excluding carboxylic acids is 2. The summed E-state index contributed by atoms with van der Waals surface area (Å²) in [7, 11) is 0. The summed E-state index contributed by atoms with van der Waals surface area (Å²) in [6.07, 6.45) is 11.2. The largest absolute Gasteiger partial charge is 1.00 e. The van der Waals surface area contributed by atoms with Crippen molar-refractivity contribution in [3.05, 3.63) is 0 Å². The van der Waals surface area contributed by atoms with Gasteiger partial charge in [0.2, 0.25) is 0 Å². The Hall–Kier alpha value is 0.576. The summed E-state index contributed by atoms with van der Waals surface area (Å²) in [5, 5.41) is 10.2. The first-order chi connectivity index (χ1) is 9.66. The topological polar surface area (TPSA) is 66.4 Å². The van der Waals surface area contributed by atoms with Crippen LogP contribution in [0.1, 0.15) is 84.0 Å². The van der Waals surface area contributed by atoms with Gasteiger partial charge in [-0.3, -0.25) is 4.79 Å². The van der Waals surface area contributed by atoms with Crippen molar-refractivity contribution in [3.63, 3.8) is 0 Å². The summed E-state index contributed by atoms with van der Waals surface area (Å²) < 4.78 is 5.09. The molecule has 4 nitrogen and oxygen atoms in total. The molecule has 0 heterocycles. The number of hydrogen-bond acceptors (Lipinski definition) is 4. The van der Waals surface area contributed by atoms with Gasteiger partial charge in [0, 0.05) is 12.4 Å². The van der Waals surface area contributed by atoms with Crippen molar-refractivity contribution in [1.82, 2.24) is 0 Å². The molecule has 0 aliphatic rings. The third-order valence-electron chi connectivity index (χ3n) is 3.27. The molecule has 0 aromatic carbocycles. The zero-order valence-corrected chi connectivity index (χ0v) is 16.9. The smallest absolute Gasteiger partial charge is 0.550 e. The van der Waals surface area contributed by atoms with Crippen molar-refractivity contribution < 1.29 is 70.8 Å². The van der Waals surface area contributed by atoms with E-state index in [9.17, 15) is 14.7 Å². The molecule has 0 amide bonds. The van der Waals surface area contributed by atoms with Gasteiger partial charge in [-0.15, -0.1) is 0 Å². The molecule has 0 saturated heterocycles. The Morgan fingerprint density at radius 2 is 1.33 bits per heavy atom. The summed E-state index contributed by atoms with van der Waals surface area (Å²) in [5.41, 5.74) is 0. The number of ether oxygens (including phenoxy) is 1. The van der Waals surface area contributed by atoms with Crippen LogP contribution < -0.4 is 56.5 Å².